The fourth-order valence-electron chi connectivity index (χ4n) is 2.13. The molecule has 0 aliphatic carbocycles. The number of alkyl halides is 2. The van der Waals surface area contributed by atoms with Crippen LogP contribution in [0.5, 0.6) is 5.75 Å². The minimum atomic E-state index is -2.87. The predicted octanol–water partition coefficient (Wildman–Crippen LogP) is 5.11. The van der Waals surface area contributed by atoms with E-state index in [4.69, 9.17) is 0 Å². The number of nitrogens with one attached hydrogen (secondary N) is 2. The van der Waals surface area contributed by atoms with E-state index >= 15 is 0 Å². The Bertz CT molecular complexity index is 758. The van der Waals surface area contributed by atoms with Crippen LogP contribution in [0.3, 0.4) is 0 Å². The van der Waals surface area contributed by atoms with Gasteiger partial charge in [0.1, 0.15) is 10.8 Å². The highest BCUT2D eigenvalue weighted by Crippen LogP contribution is 2.24. The summed E-state index contributed by atoms with van der Waals surface area (Å²) in [6, 6.07) is 4.89. The van der Waals surface area contributed by atoms with Crippen molar-refractivity contribution in [1.82, 2.24) is 15.6 Å². The molecule has 1 heterocycles. The summed E-state index contributed by atoms with van der Waals surface area (Å²) in [6.45, 7) is 2.16. The number of hydrogen-bond acceptors (Lipinski definition) is 4. The van der Waals surface area contributed by atoms with Gasteiger partial charge in [-0.1, -0.05) is 29.8 Å². The highest BCUT2D eigenvalue weighted by Gasteiger charge is 2.11. The van der Waals surface area contributed by atoms with E-state index in [1.54, 1.807) is 30.5 Å². The van der Waals surface area contributed by atoms with Crippen LogP contribution >= 0.6 is 51.2 Å². The number of ether oxygens (including phenoxy) is 1. The molecular formula is C17H22BrF2IN4OS. The van der Waals surface area contributed by atoms with E-state index in [1.165, 1.54) is 6.07 Å². The number of nitrogens with zero attached hydrogens (tertiary/aromatic N) is 2. The molecule has 2 rings (SSSR count). The molecule has 0 aliphatic heterocycles. The predicted molar refractivity (Wildman–Crippen MR) is 119 cm³/mol. The maximum atomic E-state index is 12.5. The first kappa shape index (κ1) is 24.0. The van der Waals surface area contributed by atoms with Gasteiger partial charge in [0.05, 0.1) is 12.2 Å². The van der Waals surface area contributed by atoms with E-state index in [0.717, 1.165) is 15.2 Å². The Morgan fingerprint density at radius 2 is 2.00 bits per heavy atom. The Morgan fingerprint density at radius 1 is 1.30 bits per heavy atom. The fourth-order valence-corrected chi connectivity index (χ4v) is 3.43. The highest BCUT2D eigenvalue weighted by molar-refractivity contribution is 14.0. The van der Waals surface area contributed by atoms with E-state index in [-0.39, 0.29) is 36.3 Å². The van der Waals surface area contributed by atoms with Crippen molar-refractivity contribution in [3.8, 4) is 5.75 Å². The number of thiazole rings is 1. The number of guanidine groups is 1. The van der Waals surface area contributed by atoms with Gasteiger partial charge in [0.2, 0.25) is 0 Å². The Morgan fingerprint density at radius 3 is 2.59 bits per heavy atom. The third-order valence-corrected chi connectivity index (χ3v) is 4.84. The summed E-state index contributed by atoms with van der Waals surface area (Å²) in [7, 11) is 1.65. The Balaban J connectivity index is 0.00000364. The van der Waals surface area contributed by atoms with Gasteiger partial charge in [0, 0.05) is 29.0 Å². The van der Waals surface area contributed by atoms with Crippen LogP contribution in [0.25, 0.3) is 0 Å². The zero-order valence-electron chi connectivity index (χ0n) is 15.1. The standard InChI is InChI=1S/C17H21BrF2N4OS.HI/c1-10(2)13-9-26-15(24-13)8-23-17(21-3)22-7-11-6-12(18)4-5-14(11)25-16(19)20;/h4-6,9-10,16H,7-8H2,1-3H3,(H2,21,22,23);1H. The first-order chi connectivity index (χ1) is 12.4. The van der Waals surface area contributed by atoms with Gasteiger partial charge in [-0.2, -0.15) is 8.78 Å². The molecule has 27 heavy (non-hydrogen) atoms. The first-order valence-corrected chi connectivity index (χ1v) is 9.68. The average Bonchev–Trinajstić information content (AvgIpc) is 3.06. The Labute approximate surface area is 187 Å². The van der Waals surface area contributed by atoms with Crippen molar-refractivity contribution in [2.24, 2.45) is 4.99 Å². The molecule has 0 fully saturated rings. The summed E-state index contributed by atoms with van der Waals surface area (Å²) in [5, 5.41) is 9.27. The molecule has 1 aromatic carbocycles. The van der Waals surface area contributed by atoms with Gasteiger partial charge < -0.3 is 15.4 Å². The number of aliphatic imine (C=N–C) groups is 1. The fraction of sp³-hybridized carbons (Fsp3) is 0.412. The largest absolute Gasteiger partial charge is 0.434 e. The summed E-state index contributed by atoms with van der Waals surface area (Å²) in [5.74, 6) is 1.07. The van der Waals surface area contributed by atoms with Gasteiger partial charge in [-0.25, -0.2) is 4.98 Å². The molecule has 5 nitrogen and oxygen atoms in total. The lowest BCUT2D eigenvalue weighted by Gasteiger charge is -2.14. The van der Waals surface area contributed by atoms with Gasteiger partial charge in [-0.05, 0) is 24.1 Å². The van der Waals surface area contributed by atoms with Crippen molar-refractivity contribution < 1.29 is 13.5 Å². The summed E-state index contributed by atoms with van der Waals surface area (Å²) >= 11 is 4.93. The lowest BCUT2D eigenvalue weighted by molar-refractivity contribution is -0.0504. The van der Waals surface area contributed by atoms with Crippen LogP contribution in [0.2, 0.25) is 0 Å². The quantitative estimate of drug-likeness (QED) is 0.274. The summed E-state index contributed by atoms with van der Waals surface area (Å²) in [6.07, 6.45) is 0. The molecule has 0 aliphatic rings. The summed E-state index contributed by atoms with van der Waals surface area (Å²) in [4.78, 5) is 8.70. The van der Waals surface area contributed by atoms with Gasteiger partial charge in [0.25, 0.3) is 0 Å². The van der Waals surface area contributed by atoms with Gasteiger partial charge >= 0.3 is 6.61 Å². The molecule has 10 heteroatoms. The third-order valence-electron chi connectivity index (χ3n) is 3.48. The molecule has 0 saturated carbocycles. The molecule has 0 atom stereocenters. The highest BCUT2D eigenvalue weighted by atomic mass is 127. The topological polar surface area (TPSA) is 58.5 Å². The molecular weight excluding hydrogens is 553 g/mol. The second kappa shape index (κ2) is 11.7. The second-order valence-corrected chi connectivity index (χ2v) is 7.59. The molecule has 0 radical (unpaired) electrons. The molecule has 2 N–H and O–H groups in total. The molecule has 1 aromatic heterocycles. The Hall–Kier alpha value is -1.01. The van der Waals surface area contributed by atoms with Crippen molar-refractivity contribution in [2.75, 3.05) is 7.05 Å². The molecule has 0 bridgehead atoms. The average molecular weight is 575 g/mol. The van der Waals surface area contributed by atoms with E-state index in [0.29, 0.717) is 24.0 Å². The van der Waals surface area contributed by atoms with Crippen molar-refractivity contribution in [3.05, 3.63) is 44.3 Å². The summed E-state index contributed by atoms with van der Waals surface area (Å²) < 4.78 is 30.4. The number of hydrogen-bond donors (Lipinski definition) is 2. The summed E-state index contributed by atoms with van der Waals surface area (Å²) in [5.41, 5.74) is 1.66. The minimum absolute atomic E-state index is 0. The van der Waals surface area contributed by atoms with Crippen molar-refractivity contribution in [2.45, 2.75) is 39.5 Å². The van der Waals surface area contributed by atoms with Crippen LogP contribution in [-0.2, 0) is 13.1 Å². The van der Waals surface area contributed by atoms with Crippen molar-refractivity contribution >= 4 is 57.2 Å². The normalized spacial score (nSPS) is 11.5. The van der Waals surface area contributed by atoms with Gasteiger partial charge in [-0.3, -0.25) is 4.99 Å². The zero-order chi connectivity index (χ0) is 19.1. The molecule has 0 saturated heterocycles. The van der Waals surface area contributed by atoms with Crippen LogP contribution in [-0.4, -0.2) is 24.6 Å². The number of benzene rings is 1. The number of halogens is 4. The Kier molecular flexibility index (Phi) is 10.5. The maximum Gasteiger partial charge on any atom is 0.387 e. The van der Waals surface area contributed by atoms with Gasteiger partial charge in [-0.15, -0.1) is 35.3 Å². The van der Waals surface area contributed by atoms with E-state index in [9.17, 15) is 8.78 Å². The van der Waals surface area contributed by atoms with Crippen LogP contribution < -0.4 is 15.4 Å². The van der Waals surface area contributed by atoms with E-state index in [2.05, 4.69) is 55.1 Å². The molecule has 0 spiro atoms. The van der Waals surface area contributed by atoms with Gasteiger partial charge in [0.15, 0.2) is 5.96 Å². The lowest BCUT2D eigenvalue weighted by atomic mass is 10.2. The monoisotopic (exact) mass is 574 g/mol. The smallest absolute Gasteiger partial charge is 0.387 e. The van der Waals surface area contributed by atoms with Crippen LogP contribution in [0.4, 0.5) is 8.78 Å². The van der Waals surface area contributed by atoms with Crippen LogP contribution in [0.1, 0.15) is 36.0 Å². The molecule has 150 valence electrons. The number of rotatable bonds is 7. The van der Waals surface area contributed by atoms with Crippen molar-refractivity contribution in [1.29, 1.82) is 0 Å². The number of aromatic nitrogens is 1. The second-order valence-electron chi connectivity index (χ2n) is 5.73. The zero-order valence-corrected chi connectivity index (χ0v) is 19.9. The third kappa shape index (κ3) is 7.86. The minimum Gasteiger partial charge on any atom is -0.434 e. The molecule has 0 unspecified atom stereocenters. The lowest BCUT2D eigenvalue weighted by Crippen LogP contribution is -2.36. The van der Waals surface area contributed by atoms with Crippen molar-refractivity contribution in [3.63, 3.8) is 0 Å². The molecule has 2 aromatic rings. The van der Waals surface area contributed by atoms with E-state index in [1.807, 2.05) is 5.38 Å². The van der Waals surface area contributed by atoms with Crippen LogP contribution in [0.15, 0.2) is 33.0 Å². The first-order valence-electron chi connectivity index (χ1n) is 8.01. The maximum absolute atomic E-state index is 12.5. The van der Waals surface area contributed by atoms with Crippen LogP contribution in [0, 0.1) is 0 Å². The SMILES string of the molecule is CN=C(NCc1nc(C(C)C)cs1)NCc1cc(Br)ccc1OC(F)F.I. The van der Waals surface area contributed by atoms with E-state index < -0.39 is 6.61 Å². The molecule has 0 amide bonds.